The molecule has 9 heteroatoms. The van der Waals surface area contributed by atoms with Crippen molar-refractivity contribution in [3.8, 4) is 0 Å². The maximum atomic E-state index is 12.7. The molecule has 1 atom stereocenters. The van der Waals surface area contributed by atoms with Crippen LogP contribution in [0.4, 0.5) is 10.5 Å². The van der Waals surface area contributed by atoms with E-state index in [1.54, 1.807) is 34.1 Å². The number of nitrogens with one attached hydrogen (secondary N) is 1. The minimum Gasteiger partial charge on any atom is -0.315 e. The lowest BCUT2D eigenvalue weighted by molar-refractivity contribution is 0.137. The van der Waals surface area contributed by atoms with Gasteiger partial charge in [-0.2, -0.15) is 15.6 Å². The van der Waals surface area contributed by atoms with E-state index in [-0.39, 0.29) is 18.6 Å². The highest BCUT2D eigenvalue weighted by molar-refractivity contribution is 7.89. The molecule has 0 bridgehead atoms. The molecule has 0 saturated carbocycles. The predicted molar refractivity (Wildman–Crippen MR) is 85.8 cm³/mol. The first-order chi connectivity index (χ1) is 11.1. The van der Waals surface area contributed by atoms with Crippen molar-refractivity contribution in [1.29, 1.82) is 0 Å². The smallest absolute Gasteiger partial charge is 0.315 e. The van der Waals surface area contributed by atoms with Crippen LogP contribution in [0.2, 0.25) is 0 Å². The molecule has 1 N–H and O–H groups in total. The second kappa shape index (κ2) is 5.29. The number of carbonyl (C=O) groups is 1. The Balaban J connectivity index is 1.70. The fraction of sp³-hybridized carbons (Fsp3) is 0.286. The number of urea groups is 1. The van der Waals surface area contributed by atoms with E-state index in [0.29, 0.717) is 23.7 Å². The van der Waals surface area contributed by atoms with Crippen molar-refractivity contribution >= 4 is 33.1 Å². The number of rotatable bonds is 2. The summed E-state index contributed by atoms with van der Waals surface area (Å²) in [6.45, 7) is 0.909. The van der Waals surface area contributed by atoms with E-state index in [1.165, 1.54) is 15.6 Å². The van der Waals surface area contributed by atoms with Gasteiger partial charge in [-0.25, -0.2) is 13.2 Å². The molecule has 2 aliphatic rings. The molecule has 0 spiro atoms. The van der Waals surface area contributed by atoms with Crippen molar-refractivity contribution in [2.24, 2.45) is 0 Å². The summed E-state index contributed by atoms with van der Waals surface area (Å²) in [6.07, 6.45) is 3.25. The zero-order valence-corrected chi connectivity index (χ0v) is 13.7. The summed E-state index contributed by atoms with van der Waals surface area (Å²) in [4.78, 5) is 18.2. The van der Waals surface area contributed by atoms with E-state index in [9.17, 15) is 13.2 Å². The van der Waals surface area contributed by atoms with Gasteiger partial charge < -0.3 is 10.2 Å². The molecule has 0 aliphatic carbocycles. The zero-order chi connectivity index (χ0) is 16.0. The van der Waals surface area contributed by atoms with E-state index in [4.69, 9.17) is 0 Å². The van der Waals surface area contributed by atoms with Gasteiger partial charge in [0.2, 0.25) is 10.0 Å². The van der Waals surface area contributed by atoms with Crippen LogP contribution in [-0.4, -0.2) is 48.3 Å². The van der Waals surface area contributed by atoms with Crippen LogP contribution in [0.3, 0.4) is 0 Å². The van der Waals surface area contributed by atoms with Gasteiger partial charge in [0.1, 0.15) is 0 Å². The van der Waals surface area contributed by atoms with Crippen molar-refractivity contribution in [3.63, 3.8) is 0 Å². The number of anilines is 1. The molecule has 1 unspecified atom stereocenters. The molecular weight excluding hydrogens is 336 g/mol. The van der Waals surface area contributed by atoms with Gasteiger partial charge in [0.25, 0.3) is 0 Å². The van der Waals surface area contributed by atoms with Crippen LogP contribution in [0.15, 0.2) is 40.2 Å². The van der Waals surface area contributed by atoms with Crippen LogP contribution in [0.5, 0.6) is 0 Å². The summed E-state index contributed by atoms with van der Waals surface area (Å²) < 4.78 is 26.9. The largest absolute Gasteiger partial charge is 0.322 e. The SMILES string of the molecule is O=C1Nc2cnccc2C2CN(S(=O)(=O)c3ccsc3)CCN12. The molecule has 2 aliphatic heterocycles. The summed E-state index contributed by atoms with van der Waals surface area (Å²) >= 11 is 1.35. The van der Waals surface area contributed by atoms with Gasteiger partial charge in [0, 0.05) is 36.8 Å². The van der Waals surface area contributed by atoms with Gasteiger partial charge in [-0.15, -0.1) is 0 Å². The molecule has 2 aromatic heterocycles. The Bertz CT molecular complexity index is 851. The van der Waals surface area contributed by atoms with Crippen LogP contribution in [0.1, 0.15) is 11.6 Å². The van der Waals surface area contributed by atoms with Crippen molar-refractivity contribution in [3.05, 3.63) is 40.8 Å². The topological polar surface area (TPSA) is 82.6 Å². The molecule has 4 rings (SSSR count). The Kier molecular flexibility index (Phi) is 3.36. The lowest BCUT2D eigenvalue weighted by atomic mass is 10.0. The van der Waals surface area contributed by atoms with Crippen LogP contribution < -0.4 is 5.32 Å². The average Bonchev–Trinajstić information content (AvgIpc) is 3.10. The standard InChI is InChI=1S/C14H14N4O3S2/c19-14-16-12-7-15-3-1-11(12)13-8-17(4-5-18(13)14)23(20,21)10-2-6-22-9-10/h1-3,6-7,9,13H,4-5,8H2,(H,16,19). The van der Waals surface area contributed by atoms with E-state index in [0.717, 1.165) is 5.56 Å². The van der Waals surface area contributed by atoms with E-state index in [2.05, 4.69) is 10.3 Å². The molecule has 4 heterocycles. The number of sulfonamides is 1. The first-order valence-electron chi connectivity index (χ1n) is 7.11. The third-order valence-electron chi connectivity index (χ3n) is 4.19. The Morgan fingerprint density at radius 1 is 1.30 bits per heavy atom. The van der Waals surface area contributed by atoms with Crippen LogP contribution in [0, 0.1) is 0 Å². The Morgan fingerprint density at radius 2 is 2.17 bits per heavy atom. The molecule has 120 valence electrons. The number of piperazine rings is 1. The summed E-state index contributed by atoms with van der Waals surface area (Å²) in [7, 11) is -3.52. The second-order valence-electron chi connectivity index (χ2n) is 5.42. The fourth-order valence-corrected chi connectivity index (χ4v) is 5.47. The molecule has 0 radical (unpaired) electrons. The first kappa shape index (κ1) is 14.6. The van der Waals surface area contributed by atoms with Gasteiger partial charge in [-0.1, -0.05) is 0 Å². The highest BCUT2D eigenvalue weighted by atomic mass is 32.2. The number of amides is 2. The number of fused-ring (bicyclic) bond motifs is 3. The van der Waals surface area contributed by atoms with E-state index >= 15 is 0 Å². The summed E-state index contributed by atoms with van der Waals surface area (Å²) in [5, 5.41) is 6.18. The molecule has 0 aromatic carbocycles. The molecule has 2 aromatic rings. The number of thiophene rings is 1. The molecule has 2 amide bonds. The predicted octanol–water partition coefficient (Wildman–Crippen LogP) is 1.74. The number of nitrogens with zero attached hydrogens (tertiary/aromatic N) is 3. The molecule has 1 saturated heterocycles. The zero-order valence-electron chi connectivity index (χ0n) is 12.0. The number of pyridine rings is 1. The van der Waals surface area contributed by atoms with Crippen molar-refractivity contribution in [2.45, 2.75) is 10.9 Å². The Labute approximate surface area is 137 Å². The highest BCUT2D eigenvalue weighted by Crippen LogP contribution is 2.36. The van der Waals surface area contributed by atoms with Gasteiger partial charge in [-0.3, -0.25) is 4.98 Å². The third-order valence-corrected chi connectivity index (χ3v) is 6.89. The van der Waals surface area contributed by atoms with Gasteiger partial charge in [0.15, 0.2) is 0 Å². The molecule has 7 nitrogen and oxygen atoms in total. The van der Waals surface area contributed by atoms with E-state index < -0.39 is 10.0 Å². The van der Waals surface area contributed by atoms with Crippen LogP contribution >= 0.6 is 11.3 Å². The minimum absolute atomic E-state index is 0.205. The summed E-state index contributed by atoms with van der Waals surface area (Å²) in [5.74, 6) is 0. The maximum Gasteiger partial charge on any atom is 0.322 e. The lowest BCUT2D eigenvalue weighted by Gasteiger charge is -2.43. The number of carbonyl (C=O) groups excluding carboxylic acids is 1. The van der Waals surface area contributed by atoms with Gasteiger partial charge in [0.05, 0.1) is 22.8 Å². The molecule has 23 heavy (non-hydrogen) atoms. The second-order valence-corrected chi connectivity index (χ2v) is 8.14. The average molecular weight is 350 g/mol. The fourth-order valence-electron chi connectivity index (χ4n) is 3.02. The minimum atomic E-state index is -3.52. The number of aromatic nitrogens is 1. The quantitative estimate of drug-likeness (QED) is 0.894. The van der Waals surface area contributed by atoms with Crippen LogP contribution in [0.25, 0.3) is 0 Å². The third kappa shape index (κ3) is 2.32. The van der Waals surface area contributed by atoms with E-state index in [1.807, 2.05) is 6.07 Å². The molecular formula is C14H14N4O3S2. The Morgan fingerprint density at radius 3 is 2.96 bits per heavy atom. The summed E-state index contributed by atoms with van der Waals surface area (Å²) in [6, 6.07) is 2.94. The Hall–Kier alpha value is -1.97. The van der Waals surface area contributed by atoms with Crippen molar-refractivity contribution < 1.29 is 13.2 Å². The van der Waals surface area contributed by atoms with Gasteiger partial charge >= 0.3 is 6.03 Å². The molecule has 1 fully saturated rings. The summed E-state index contributed by atoms with van der Waals surface area (Å²) in [5.41, 5.74) is 1.54. The monoisotopic (exact) mass is 350 g/mol. The van der Waals surface area contributed by atoms with Crippen molar-refractivity contribution in [1.82, 2.24) is 14.2 Å². The maximum absolute atomic E-state index is 12.7. The normalized spacial score (nSPS) is 21.5. The highest BCUT2D eigenvalue weighted by Gasteiger charge is 2.40. The van der Waals surface area contributed by atoms with Crippen molar-refractivity contribution in [2.75, 3.05) is 25.0 Å². The first-order valence-corrected chi connectivity index (χ1v) is 9.49. The van der Waals surface area contributed by atoms with Crippen LogP contribution in [-0.2, 0) is 10.0 Å². The number of hydrogen-bond acceptors (Lipinski definition) is 5. The lowest BCUT2D eigenvalue weighted by Crippen LogP contribution is -2.55. The van der Waals surface area contributed by atoms with Gasteiger partial charge in [-0.05, 0) is 17.5 Å². The number of hydrogen-bond donors (Lipinski definition) is 1.